The first-order valence-corrected chi connectivity index (χ1v) is 12.4. The zero-order valence-electron chi connectivity index (χ0n) is 18.2. The first-order valence-electron chi connectivity index (χ1n) is 9.99. The third kappa shape index (κ3) is 4.97. The molecule has 0 fully saturated rings. The van der Waals surface area contributed by atoms with Gasteiger partial charge in [-0.1, -0.05) is 23.7 Å². The van der Waals surface area contributed by atoms with Crippen LogP contribution in [0.25, 0.3) is 17.1 Å². The SMILES string of the molecule is Cc1nn(-c2ccc(C#N)c(Cl)c2)c(C)c1Cc1ccc(-c2nnc(CS(C)(=O)=O)o2)cc1. The Morgan fingerprint density at radius 2 is 1.85 bits per heavy atom. The summed E-state index contributed by atoms with van der Waals surface area (Å²) in [6, 6.07) is 15.0. The summed E-state index contributed by atoms with van der Waals surface area (Å²) < 4.78 is 30.1. The quantitative estimate of drug-likeness (QED) is 0.405. The minimum absolute atomic E-state index is 0.0677. The van der Waals surface area contributed by atoms with E-state index in [1.807, 2.05) is 48.9 Å². The molecule has 0 spiro atoms. The number of halogens is 1. The molecule has 0 N–H and O–H groups in total. The molecule has 0 unspecified atom stereocenters. The van der Waals surface area contributed by atoms with Crippen molar-refractivity contribution in [1.82, 2.24) is 20.0 Å². The molecule has 0 radical (unpaired) electrons. The average Bonchev–Trinajstić information content (AvgIpc) is 3.32. The van der Waals surface area contributed by atoms with Crippen LogP contribution in [0.2, 0.25) is 5.02 Å². The lowest BCUT2D eigenvalue weighted by Gasteiger charge is -2.07. The van der Waals surface area contributed by atoms with Crippen molar-refractivity contribution in [3.05, 3.63) is 81.5 Å². The Morgan fingerprint density at radius 1 is 1.12 bits per heavy atom. The van der Waals surface area contributed by atoms with Gasteiger partial charge in [-0.2, -0.15) is 10.4 Å². The van der Waals surface area contributed by atoms with Crippen molar-refractivity contribution in [2.75, 3.05) is 6.26 Å². The van der Waals surface area contributed by atoms with Crippen LogP contribution in [0, 0.1) is 25.2 Å². The number of hydrogen-bond donors (Lipinski definition) is 0. The van der Waals surface area contributed by atoms with E-state index in [1.165, 1.54) is 0 Å². The van der Waals surface area contributed by atoms with Gasteiger partial charge in [-0.15, -0.1) is 10.2 Å². The molecule has 0 aliphatic heterocycles. The minimum Gasteiger partial charge on any atom is -0.420 e. The number of sulfone groups is 1. The van der Waals surface area contributed by atoms with Gasteiger partial charge in [0.25, 0.3) is 0 Å². The van der Waals surface area contributed by atoms with Crippen LogP contribution in [0.15, 0.2) is 46.9 Å². The van der Waals surface area contributed by atoms with E-state index >= 15 is 0 Å². The Kier molecular flexibility index (Phi) is 6.06. The fourth-order valence-corrected chi connectivity index (χ4v) is 4.31. The molecule has 2 heterocycles. The molecule has 0 saturated heterocycles. The maximum Gasteiger partial charge on any atom is 0.247 e. The average molecular weight is 482 g/mol. The van der Waals surface area contributed by atoms with Gasteiger partial charge in [0.2, 0.25) is 11.8 Å². The van der Waals surface area contributed by atoms with Gasteiger partial charge in [-0.05, 0) is 49.7 Å². The monoisotopic (exact) mass is 481 g/mol. The van der Waals surface area contributed by atoms with Gasteiger partial charge in [-0.25, -0.2) is 13.1 Å². The molecule has 0 saturated carbocycles. The minimum atomic E-state index is -3.25. The lowest BCUT2D eigenvalue weighted by molar-refractivity contribution is 0.519. The Hall–Kier alpha value is -3.48. The molecule has 33 heavy (non-hydrogen) atoms. The Labute approximate surface area is 196 Å². The van der Waals surface area contributed by atoms with E-state index in [-0.39, 0.29) is 17.5 Å². The number of nitriles is 1. The second-order valence-electron chi connectivity index (χ2n) is 7.78. The first-order chi connectivity index (χ1) is 15.6. The third-order valence-electron chi connectivity index (χ3n) is 5.19. The van der Waals surface area contributed by atoms with Crippen molar-refractivity contribution in [3.8, 4) is 23.2 Å². The molecule has 8 nitrogen and oxygen atoms in total. The molecule has 0 aliphatic carbocycles. The maximum absolute atomic E-state index is 11.4. The molecule has 2 aromatic carbocycles. The normalized spacial score (nSPS) is 11.5. The Balaban J connectivity index is 1.56. The smallest absolute Gasteiger partial charge is 0.247 e. The molecule has 2 aromatic heterocycles. The van der Waals surface area contributed by atoms with Crippen molar-refractivity contribution in [3.63, 3.8) is 0 Å². The summed E-state index contributed by atoms with van der Waals surface area (Å²) in [4.78, 5) is 0. The van der Waals surface area contributed by atoms with Crippen molar-refractivity contribution >= 4 is 21.4 Å². The lowest BCUT2D eigenvalue weighted by atomic mass is 10.0. The highest BCUT2D eigenvalue weighted by atomic mass is 35.5. The maximum atomic E-state index is 11.4. The highest BCUT2D eigenvalue weighted by Gasteiger charge is 2.16. The number of benzene rings is 2. The lowest BCUT2D eigenvalue weighted by Crippen LogP contribution is -2.00. The van der Waals surface area contributed by atoms with Crippen LogP contribution in [0.1, 0.15) is 34.0 Å². The van der Waals surface area contributed by atoms with E-state index in [2.05, 4.69) is 21.4 Å². The van der Waals surface area contributed by atoms with Crippen molar-refractivity contribution in [1.29, 1.82) is 5.26 Å². The number of nitrogens with zero attached hydrogens (tertiary/aromatic N) is 5. The summed E-state index contributed by atoms with van der Waals surface area (Å²) in [7, 11) is -3.25. The van der Waals surface area contributed by atoms with E-state index in [0.29, 0.717) is 22.6 Å². The number of aromatic nitrogens is 4. The Bertz CT molecular complexity index is 1480. The van der Waals surface area contributed by atoms with E-state index in [9.17, 15) is 8.42 Å². The summed E-state index contributed by atoms with van der Waals surface area (Å²) in [5.41, 5.74) is 5.98. The molecule has 10 heteroatoms. The van der Waals surface area contributed by atoms with Crippen LogP contribution >= 0.6 is 11.6 Å². The molecule has 168 valence electrons. The Morgan fingerprint density at radius 3 is 2.48 bits per heavy atom. The van der Waals surface area contributed by atoms with Crippen LogP contribution in [0.3, 0.4) is 0 Å². The zero-order valence-corrected chi connectivity index (χ0v) is 19.8. The van der Waals surface area contributed by atoms with Crippen LogP contribution in [-0.2, 0) is 22.0 Å². The van der Waals surface area contributed by atoms with Gasteiger partial charge in [0, 0.05) is 29.5 Å². The topological polar surface area (TPSA) is 115 Å². The summed E-state index contributed by atoms with van der Waals surface area (Å²) in [5, 5.41) is 21.9. The predicted molar refractivity (Wildman–Crippen MR) is 124 cm³/mol. The fraction of sp³-hybridized carbons (Fsp3) is 0.217. The van der Waals surface area contributed by atoms with Gasteiger partial charge in [0.15, 0.2) is 9.84 Å². The predicted octanol–water partition coefficient (Wildman–Crippen LogP) is 4.20. The van der Waals surface area contributed by atoms with Gasteiger partial charge < -0.3 is 4.42 Å². The standard InChI is InChI=1S/C23H20ClN5O3S/c1-14-20(15(2)29(28-14)19-9-8-18(12-25)21(24)11-19)10-16-4-6-17(7-5-16)23-27-26-22(32-23)13-33(3,30)31/h4-9,11H,10,13H2,1-3H3. The molecular weight excluding hydrogens is 462 g/mol. The van der Waals surface area contributed by atoms with Crippen LogP contribution in [0.5, 0.6) is 0 Å². The van der Waals surface area contributed by atoms with Crippen molar-refractivity contribution in [2.24, 2.45) is 0 Å². The number of aryl methyl sites for hydroxylation is 1. The van der Waals surface area contributed by atoms with Crippen LogP contribution in [0.4, 0.5) is 0 Å². The molecule has 0 bridgehead atoms. The molecule has 4 aromatic rings. The first kappa shape index (κ1) is 22.7. The molecule has 0 amide bonds. The van der Waals surface area contributed by atoms with Gasteiger partial charge in [-0.3, -0.25) is 0 Å². The van der Waals surface area contributed by atoms with Gasteiger partial charge >= 0.3 is 0 Å². The van der Waals surface area contributed by atoms with E-state index in [1.54, 1.807) is 12.1 Å². The van der Waals surface area contributed by atoms with Gasteiger partial charge in [0.05, 0.1) is 22.0 Å². The highest BCUT2D eigenvalue weighted by molar-refractivity contribution is 7.89. The zero-order chi connectivity index (χ0) is 23.8. The molecular formula is C23H20ClN5O3S. The van der Waals surface area contributed by atoms with Crippen molar-refractivity contribution in [2.45, 2.75) is 26.0 Å². The van der Waals surface area contributed by atoms with E-state index in [4.69, 9.17) is 21.3 Å². The summed E-state index contributed by atoms with van der Waals surface area (Å²) in [5.74, 6) is 0.0571. The van der Waals surface area contributed by atoms with E-state index in [0.717, 1.165) is 34.5 Å². The fourth-order valence-electron chi connectivity index (χ4n) is 3.53. The van der Waals surface area contributed by atoms with Crippen LogP contribution in [-0.4, -0.2) is 34.7 Å². The van der Waals surface area contributed by atoms with Gasteiger partial charge in [0.1, 0.15) is 11.8 Å². The highest BCUT2D eigenvalue weighted by Crippen LogP contribution is 2.25. The summed E-state index contributed by atoms with van der Waals surface area (Å²) >= 11 is 6.20. The summed E-state index contributed by atoms with van der Waals surface area (Å²) in [6.07, 6.45) is 1.79. The third-order valence-corrected chi connectivity index (χ3v) is 6.28. The van der Waals surface area contributed by atoms with E-state index < -0.39 is 9.84 Å². The molecule has 0 aliphatic rings. The second-order valence-corrected chi connectivity index (χ2v) is 10.3. The van der Waals surface area contributed by atoms with Crippen LogP contribution < -0.4 is 0 Å². The molecule has 4 rings (SSSR count). The number of hydrogen-bond acceptors (Lipinski definition) is 7. The largest absolute Gasteiger partial charge is 0.420 e. The molecule has 0 atom stereocenters. The van der Waals surface area contributed by atoms with Crippen molar-refractivity contribution < 1.29 is 12.8 Å². The second kappa shape index (κ2) is 8.81. The number of rotatable bonds is 6. The summed E-state index contributed by atoms with van der Waals surface area (Å²) in [6.45, 7) is 3.96.